The SMILES string of the molecule is CCCC1CCC(C(F)(F)Cc2cc(F)c(OC)c(F)c2)CC1. The first-order chi connectivity index (χ1) is 10.9. The molecule has 1 aliphatic rings. The maximum atomic E-state index is 14.5. The summed E-state index contributed by atoms with van der Waals surface area (Å²) in [5, 5.41) is 0. The Balaban J connectivity index is 2.04. The summed E-state index contributed by atoms with van der Waals surface area (Å²) in [6.07, 6.45) is 4.15. The highest BCUT2D eigenvalue weighted by Gasteiger charge is 2.41. The highest BCUT2D eigenvalue weighted by Crippen LogP contribution is 2.42. The number of hydrogen-bond donors (Lipinski definition) is 0. The molecule has 23 heavy (non-hydrogen) atoms. The third kappa shape index (κ3) is 4.39. The van der Waals surface area contributed by atoms with Crippen molar-refractivity contribution in [2.24, 2.45) is 11.8 Å². The van der Waals surface area contributed by atoms with Gasteiger partial charge in [0.25, 0.3) is 5.92 Å². The van der Waals surface area contributed by atoms with Crippen LogP contribution in [0.5, 0.6) is 5.75 Å². The van der Waals surface area contributed by atoms with Crippen molar-refractivity contribution in [3.05, 3.63) is 29.3 Å². The van der Waals surface area contributed by atoms with E-state index < -0.39 is 35.6 Å². The zero-order chi connectivity index (χ0) is 17.0. The summed E-state index contributed by atoms with van der Waals surface area (Å²) in [4.78, 5) is 0. The molecule has 5 heteroatoms. The van der Waals surface area contributed by atoms with Gasteiger partial charge in [-0.1, -0.05) is 19.8 Å². The van der Waals surface area contributed by atoms with Crippen LogP contribution in [0.3, 0.4) is 0 Å². The van der Waals surface area contributed by atoms with Crippen LogP contribution in [0.1, 0.15) is 51.0 Å². The Morgan fingerprint density at radius 3 is 2.13 bits per heavy atom. The predicted molar refractivity (Wildman–Crippen MR) is 81.9 cm³/mol. The Labute approximate surface area is 135 Å². The maximum Gasteiger partial charge on any atom is 0.254 e. The summed E-state index contributed by atoms with van der Waals surface area (Å²) >= 11 is 0. The third-order valence-electron chi connectivity index (χ3n) is 4.84. The van der Waals surface area contributed by atoms with Gasteiger partial charge in [0, 0.05) is 12.3 Å². The first-order valence-corrected chi connectivity index (χ1v) is 8.27. The molecule has 1 aromatic carbocycles. The van der Waals surface area contributed by atoms with E-state index >= 15 is 0 Å². The number of hydrogen-bond acceptors (Lipinski definition) is 1. The number of halogens is 4. The lowest BCUT2D eigenvalue weighted by molar-refractivity contribution is -0.0746. The summed E-state index contributed by atoms with van der Waals surface area (Å²) in [6.45, 7) is 2.10. The number of rotatable bonds is 6. The van der Waals surface area contributed by atoms with Crippen LogP contribution in [0.2, 0.25) is 0 Å². The molecule has 130 valence electrons. The van der Waals surface area contributed by atoms with E-state index in [-0.39, 0.29) is 5.56 Å². The van der Waals surface area contributed by atoms with Crippen molar-refractivity contribution < 1.29 is 22.3 Å². The van der Waals surface area contributed by atoms with Crippen LogP contribution in [-0.2, 0) is 6.42 Å². The molecule has 2 rings (SSSR count). The van der Waals surface area contributed by atoms with E-state index in [2.05, 4.69) is 11.7 Å². The van der Waals surface area contributed by atoms with E-state index in [0.717, 1.165) is 44.9 Å². The molecule has 0 saturated heterocycles. The fourth-order valence-corrected chi connectivity index (χ4v) is 3.61. The van der Waals surface area contributed by atoms with Crippen LogP contribution in [0.15, 0.2) is 12.1 Å². The second-order valence-corrected chi connectivity index (χ2v) is 6.54. The van der Waals surface area contributed by atoms with E-state index in [4.69, 9.17) is 0 Å². The number of ether oxygens (including phenoxy) is 1. The summed E-state index contributed by atoms with van der Waals surface area (Å²) < 4.78 is 60.8. The largest absolute Gasteiger partial charge is 0.491 e. The maximum absolute atomic E-state index is 14.5. The molecule has 0 heterocycles. The van der Waals surface area contributed by atoms with Crippen LogP contribution in [0, 0.1) is 23.5 Å². The lowest BCUT2D eigenvalue weighted by atomic mass is 9.76. The standard InChI is InChI=1S/C18H24F4O/c1-3-4-12-5-7-14(8-6-12)18(21,22)11-13-9-15(19)17(23-2)16(20)10-13/h9-10,12,14H,3-8,11H2,1-2H3. The van der Waals surface area contributed by atoms with Crippen LogP contribution < -0.4 is 4.74 Å². The van der Waals surface area contributed by atoms with Crippen LogP contribution >= 0.6 is 0 Å². The van der Waals surface area contributed by atoms with Crippen molar-refractivity contribution in [3.63, 3.8) is 0 Å². The Bertz CT molecular complexity index is 499. The predicted octanol–water partition coefficient (Wildman–Crippen LogP) is 5.76. The van der Waals surface area contributed by atoms with Crippen molar-refractivity contribution >= 4 is 0 Å². The topological polar surface area (TPSA) is 9.23 Å². The lowest BCUT2D eigenvalue weighted by Gasteiger charge is -2.33. The normalized spacial score (nSPS) is 22.2. The van der Waals surface area contributed by atoms with Gasteiger partial charge in [0.15, 0.2) is 17.4 Å². The fourth-order valence-electron chi connectivity index (χ4n) is 3.61. The van der Waals surface area contributed by atoms with Crippen LogP contribution in [0.4, 0.5) is 17.6 Å². The molecule has 0 unspecified atom stereocenters. The molecule has 1 aromatic rings. The summed E-state index contributed by atoms with van der Waals surface area (Å²) in [7, 11) is 1.14. The average molecular weight is 332 g/mol. The van der Waals surface area contributed by atoms with E-state index in [9.17, 15) is 17.6 Å². The Morgan fingerprint density at radius 1 is 1.09 bits per heavy atom. The summed E-state index contributed by atoms with van der Waals surface area (Å²) in [5.74, 6) is -5.51. The molecule has 0 aliphatic heterocycles. The molecule has 0 aromatic heterocycles. The van der Waals surface area contributed by atoms with Crippen LogP contribution in [-0.4, -0.2) is 13.0 Å². The first-order valence-electron chi connectivity index (χ1n) is 8.27. The van der Waals surface area contributed by atoms with Crippen molar-refractivity contribution in [3.8, 4) is 5.75 Å². The van der Waals surface area contributed by atoms with E-state index in [1.807, 2.05) is 0 Å². The first kappa shape index (κ1) is 18.1. The Hall–Kier alpha value is -1.26. The second kappa shape index (κ2) is 7.54. The molecule has 1 fully saturated rings. The van der Waals surface area contributed by atoms with Gasteiger partial charge in [-0.25, -0.2) is 17.6 Å². The minimum absolute atomic E-state index is 0.0264. The number of alkyl halides is 2. The average Bonchev–Trinajstić information content (AvgIpc) is 2.47. The van der Waals surface area contributed by atoms with Gasteiger partial charge in [0.05, 0.1) is 7.11 Å². The molecular weight excluding hydrogens is 308 g/mol. The van der Waals surface area contributed by atoms with Gasteiger partial charge in [-0.05, 0) is 49.3 Å². The third-order valence-corrected chi connectivity index (χ3v) is 4.84. The van der Waals surface area contributed by atoms with E-state index in [0.29, 0.717) is 18.8 Å². The van der Waals surface area contributed by atoms with Gasteiger partial charge in [-0.15, -0.1) is 0 Å². The Morgan fingerprint density at radius 2 is 1.65 bits per heavy atom. The molecule has 0 bridgehead atoms. The smallest absolute Gasteiger partial charge is 0.254 e. The van der Waals surface area contributed by atoms with E-state index in [1.165, 1.54) is 0 Å². The molecule has 1 nitrogen and oxygen atoms in total. The number of methoxy groups -OCH3 is 1. The monoisotopic (exact) mass is 332 g/mol. The quantitative estimate of drug-likeness (QED) is 0.602. The highest BCUT2D eigenvalue weighted by atomic mass is 19.3. The van der Waals surface area contributed by atoms with Crippen molar-refractivity contribution in [2.75, 3.05) is 7.11 Å². The molecule has 0 radical (unpaired) electrons. The minimum atomic E-state index is -2.94. The van der Waals surface area contributed by atoms with Gasteiger partial charge in [-0.2, -0.15) is 0 Å². The molecule has 0 N–H and O–H groups in total. The number of benzene rings is 1. The van der Waals surface area contributed by atoms with E-state index in [1.54, 1.807) is 0 Å². The highest BCUT2D eigenvalue weighted by molar-refractivity contribution is 5.32. The van der Waals surface area contributed by atoms with Crippen molar-refractivity contribution in [1.82, 2.24) is 0 Å². The van der Waals surface area contributed by atoms with Gasteiger partial charge in [0.1, 0.15) is 0 Å². The minimum Gasteiger partial charge on any atom is -0.491 e. The summed E-state index contributed by atoms with van der Waals surface area (Å²) in [6, 6.07) is 1.89. The van der Waals surface area contributed by atoms with Gasteiger partial charge >= 0.3 is 0 Å². The fraction of sp³-hybridized carbons (Fsp3) is 0.667. The van der Waals surface area contributed by atoms with Gasteiger partial charge in [0.2, 0.25) is 0 Å². The zero-order valence-corrected chi connectivity index (χ0v) is 13.7. The Kier molecular flexibility index (Phi) is 5.93. The molecule has 1 saturated carbocycles. The molecule has 0 atom stereocenters. The van der Waals surface area contributed by atoms with Gasteiger partial charge < -0.3 is 4.74 Å². The van der Waals surface area contributed by atoms with Crippen molar-refractivity contribution in [2.45, 2.75) is 57.8 Å². The molecule has 0 spiro atoms. The lowest BCUT2D eigenvalue weighted by Crippen LogP contribution is -2.34. The molecule has 0 amide bonds. The van der Waals surface area contributed by atoms with Crippen molar-refractivity contribution in [1.29, 1.82) is 0 Å². The summed E-state index contributed by atoms with van der Waals surface area (Å²) in [5.41, 5.74) is -0.0264. The second-order valence-electron chi connectivity index (χ2n) is 6.54. The van der Waals surface area contributed by atoms with Gasteiger partial charge in [-0.3, -0.25) is 0 Å². The van der Waals surface area contributed by atoms with Crippen LogP contribution in [0.25, 0.3) is 0 Å². The zero-order valence-electron chi connectivity index (χ0n) is 13.7. The molecule has 1 aliphatic carbocycles. The molecular formula is C18H24F4O.